The third-order valence-corrected chi connectivity index (χ3v) is 1.83. The SMILES string of the molecule is OCC=CCSCC=CCO. The molecule has 0 radical (unpaired) electrons. The zero-order valence-corrected chi connectivity index (χ0v) is 7.26. The molecule has 0 aliphatic rings. The molecule has 0 saturated heterocycles. The van der Waals surface area contributed by atoms with E-state index in [1.165, 1.54) is 0 Å². The maximum atomic E-state index is 8.36. The van der Waals surface area contributed by atoms with Crippen molar-refractivity contribution in [1.82, 2.24) is 0 Å². The Morgan fingerprint density at radius 1 is 0.818 bits per heavy atom. The molecular weight excluding hydrogens is 160 g/mol. The normalized spacial score (nSPS) is 11.8. The summed E-state index contributed by atoms with van der Waals surface area (Å²) in [5.41, 5.74) is 0. The van der Waals surface area contributed by atoms with Gasteiger partial charge >= 0.3 is 0 Å². The first kappa shape index (κ1) is 10.8. The molecule has 0 aliphatic carbocycles. The monoisotopic (exact) mass is 174 g/mol. The van der Waals surface area contributed by atoms with Gasteiger partial charge in [-0.2, -0.15) is 11.8 Å². The van der Waals surface area contributed by atoms with Gasteiger partial charge in [0.15, 0.2) is 0 Å². The van der Waals surface area contributed by atoms with Crippen LogP contribution in [0.3, 0.4) is 0 Å². The van der Waals surface area contributed by atoms with Crippen molar-refractivity contribution in [1.29, 1.82) is 0 Å². The standard InChI is InChI=1S/C8H14O2S/c9-5-1-3-7-11-8-4-2-6-10/h1-4,9-10H,5-8H2. The van der Waals surface area contributed by atoms with Crippen LogP contribution in [0.5, 0.6) is 0 Å². The average Bonchev–Trinajstić information content (AvgIpc) is 2.03. The molecule has 11 heavy (non-hydrogen) atoms. The summed E-state index contributed by atoms with van der Waals surface area (Å²) in [6.07, 6.45) is 7.31. The lowest BCUT2D eigenvalue weighted by molar-refractivity contribution is 0.342. The first-order valence-electron chi connectivity index (χ1n) is 3.51. The molecule has 0 bridgehead atoms. The molecule has 0 spiro atoms. The molecule has 0 heterocycles. The highest BCUT2D eigenvalue weighted by atomic mass is 32.2. The van der Waals surface area contributed by atoms with Crippen LogP contribution < -0.4 is 0 Å². The second kappa shape index (κ2) is 9.75. The molecule has 2 nitrogen and oxygen atoms in total. The Labute approximate surface area is 71.6 Å². The van der Waals surface area contributed by atoms with Crippen LogP contribution in [0, 0.1) is 0 Å². The van der Waals surface area contributed by atoms with Gasteiger partial charge in [-0.15, -0.1) is 0 Å². The fourth-order valence-electron chi connectivity index (χ4n) is 0.489. The van der Waals surface area contributed by atoms with E-state index in [9.17, 15) is 0 Å². The molecule has 0 atom stereocenters. The highest BCUT2D eigenvalue weighted by Gasteiger charge is 1.78. The number of aliphatic hydroxyl groups excluding tert-OH is 2. The van der Waals surface area contributed by atoms with E-state index in [1.807, 2.05) is 12.2 Å². The number of rotatable bonds is 6. The van der Waals surface area contributed by atoms with Crippen LogP contribution in [-0.2, 0) is 0 Å². The summed E-state index contributed by atoms with van der Waals surface area (Å²) in [4.78, 5) is 0. The van der Waals surface area contributed by atoms with Crippen LogP contribution in [0.25, 0.3) is 0 Å². The van der Waals surface area contributed by atoms with E-state index in [2.05, 4.69) is 0 Å². The Morgan fingerprint density at radius 3 is 1.64 bits per heavy atom. The molecule has 0 unspecified atom stereocenters. The van der Waals surface area contributed by atoms with Crippen LogP contribution in [0.1, 0.15) is 0 Å². The van der Waals surface area contributed by atoms with Crippen molar-refractivity contribution >= 4 is 11.8 Å². The zero-order chi connectivity index (χ0) is 8.36. The summed E-state index contributed by atoms with van der Waals surface area (Å²) in [5, 5.41) is 16.7. The predicted octanol–water partition coefficient (Wildman–Crippen LogP) is 0.817. The Hall–Kier alpha value is -0.250. The maximum Gasteiger partial charge on any atom is 0.0612 e. The fourth-order valence-corrected chi connectivity index (χ4v) is 1.17. The summed E-state index contributed by atoms with van der Waals surface area (Å²) < 4.78 is 0. The van der Waals surface area contributed by atoms with Gasteiger partial charge in [0, 0.05) is 11.5 Å². The number of hydrogen-bond donors (Lipinski definition) is 2. The molecule has 0 saturated carbocycles. The van der Waals surface area contributed by atoms with E-state index in [0.717, 1.165) is 11.5 Å². The van der Waals surface area contributed by atoms with Gasteiger partial charge in [0.05, 0.1) is 13.2 Å². The fraction of sp³-hybridized carbons (Fsp3) is 0.500. The molecule has 0 amide bonds. The Morgan fingerprint density at radius 2 is 1.27 bits per heavy atom. The molecule has 0 rings (SSSR count). The number of thioether (sulfide) groups is 1. The minimum atomic E-state index is 0.118. The van der Waals surface area contributed by atoms with Crippen LogP contribution in [0.4, 0.5) is 0 Å². The lowest BCUT2D eigenvalue weighted by Gasteiger charge is -1.89. The van der Waals surface area contributed by atoms with Gasteiger partial charge in [0.25, 0.3) is 0 Å². The van der Waals surface area contributed by atoms with Crippen molar-refractivity contribution in [3.05, 3.63) is 24.3 Å². The van der Waals surface area contributed by atoms with Crippen molar-refractivity contribution in [3.63, 3.8) is 0 Å². The van der Waals surface area contributed by atoms with E-state index < -0.39 is 0 Å². The molecule has 64 valence electrons. The number of hydrogen-bond acceptors (Lipinski definition) is 3. The summed E-state index contributed by atoms with van der Waals surface area (Å²) in [7, 11) is 0. The van der Waals surface area contributed by atoms with Crippen molar-refractivity contribution in [3.8, 4) is 0 Å². The molecule has 0 aromatic carbocycles. The van der Waals surface area contributed by atoms with Gasteiger partial charge in [0.1, 0.15) is 0 Å². The summed E-state index contributed by atoms with van der Waals surface area (Å²) in [5.74, 6) is 1.83. The molecule has 0 aromatic rings. The molecule has 2 N–H and O–H groups in total. The second-order valence-electron chi connectivity index (χ2n) is 1.85. The Balaban J connectivity index is 3.02. The van der Waals surface area contributed by atoms with Gasteiger partial charge in [-0.05, 0) is 0 Å². The summed E-state index contributed by atoms with van der Waals surface area (Å²) in [6.45, 7) is 0.236. The first-order valence-corrected chi connectivity index (χ1v) is 4.66. The molecule has 0 aliphatic heterocycles. The van der Waals surface area contributed by atoms with Crippen LogP contribution >= 0.6 is 11.8 Å². The van der Waals surface area contributed by atoms with Crippen molar-refractivity contribution in [2.45, 2.75) is 0 Å². The summed E-state index contributed by atoms with van der Waals surface area (Å²) >= 11 is 1.74. The highest BCUT2D eigenvalue weighted by molar-refractivity contribution is 7.99. The van der Waals surface area contributed by atoms with E-state index in [-0.39, 0.29) is 13.2 Å². The van der Waals surface area contributed by atoms with Gasteiger partial charge in [-0.3, -0.25) is 0 Å². The Bertz CT molecular complexity index is 107. The van der Waals surface area contributed by atoms with Crippen LogP contribution in [0.15, 0.2) is 24.3 Å². The zero-order valence-electron chi connectivity index (χ0n) is 6.44. The van der Waals surface area contributed by atoms with E-state index in [4.69, 9.17) is 10.2 Å². The highest BCUT2D eigenvalue weighted by Crippen LogP contribution is 1.99. The lowest BCUT2D eigenvalue weighted by atomic mass is 10.5. The maximum absolute atomic E-state index is 8.36. The van der Waals surface area contributed by atoms with Crippen LogP contribution in [0.2, 0.25) is 0 Å². The minimum absolute atomic E-state index is 0.118. The first-order chi connectivity index (χ1) is 5.41. The molecule has 3 heteroatoms. The van der Waals surface area contributed by atoms with Crippen LogP contribution in [-0.4, -0.2) is 34.9 Å². The predicted molar refractivity (Wildman–Crippen MR) is 49.8 cm³/mol. The van der Waals surface area contributed by atoms with Crippen molar-refractivity contribution < 1.29 is 10.2 Å². The third-order valence-electron chi connectivity index (χ3n) is 0.972. The molecular formula is C8H14O2S. The van der Waals surface area contributed by atoms with Gasteiger partial charge in [-0.25, -0.2) is 0 Å². The average molecular weight is 174 g/mol. The third kappa shape index (κ3) is 9.75. The summed E-state index contributed by atoms with van der Waals surface area (Å²) in [6, 6.07) is 0. The Kier molecular flexibility index (Phi) is 9.53. The largest absolute Gasteiger partial charge is 0.392 e. The second-order valence-corrected chi connectivity index (χ2v) is 2.92. The number of aliphatic hydroxyl groups is 2. The van der Waals surface area contributed by atoms with Gasteiger partial charge in [-0.1, -0.05) is 24.3 Å². The molecule has 0 fully saturated rings. The quantitative estimate of drug-likeness (QED) is 0.462. The smallest absolute Gasteiger partial charge is 0.0612 e. The van der Waals surface area contributed by atoms with E-state index in [1.54, 1.807) is 23.9 Å². The topological polar surface area (TPSA) is 40.5 Å². The van der Waals surface area contributed by atoms with Gasteiger partial charge < -0.3 is 10.2 Å². The van der Waals surface area contributed by atoms with Crippen molar-refractivity contribution in [2.24, 2.45) is 0 Å². The van der Waals surface area contributed by atoms with Crippen molar-refractivity contribution in [2.75, 3.05) is 24.7 Å². The van der Waals surface area contributed by atoms with E-state index in [0.29, 0.717) is 0 Å². The van der Waals surface area contributed by atoms with Gasteiger partial charge in [0.2, 0.25) is 0 Å². The minimum Gasteiger partial charge on any atom is -0.392 e. The molecule has 0 aromatic heterocycles. The van der Waals surface area contributed by atoms with E-state index >= 15 is 0 Å². The lowest BCUT2D eigenvalue weighted by Crippen LogP contribution is -1.78.